The van der Waals surface area contributed by atoms with Crippen molar-refractivity contribution in [2.24, 2.45) is 0 Å². The lowest BCUT2D eigenvalue weighted by Gasteiger charge is -2.14. The van der Waals surface area contributed by atoms with Gasteiger partial charge in [0.05, 0.1) is 22.8 Å². The lowest BCUT2D eigenvalue weighted by Crippen LogP contribution is -2.26. The Hall–Kier alpha value is -2.67. The minimum atomic E-state index is -1.12. The molecule has 2 N–H and O–H groups in total. The van der Waals surface area contributed by atoms with Crippen molar-refractivity contribution in [1.82, 2.24) is 24.8 Å². The Morgan fingerprint density at radius 3 is 2.86 bits per heavy atom. The highest BCUT2D eigenvalue weighted by Crippen LogP contribution is 2.24. The van der Waals surface area contributed by atoms with Crippen molar-refractivity contribution in [3.63, 3.8) is 0 Å². The molecule has 7 nitrogen and oxygen atoms in total. The van der Waals surface area contributed by atoms with E-state index < -0.39 is 12.1 Å². The second-order valence-corrected chi connectivity index (χ2v) is 5.11. The van der Waals surface area contributed by atoms with Gasteiger partial charge in [0.2, 0.25) is 0 Å². The van der Waals surface area contributed by atoms with Crippen LogP contribution in [-0.2, 0) is 0 Å². The van der Waals surface area contributed by atoms with Crippen LogP contribution in [0, 0.1) is 0 Å². The molecule has 1 amide bonds. The molecule has 22 heavy (non-hydrogen) atoms. The molecule has 0 aliphatic heterocycles. The number of carboxylic acid groups (broad SMARTS) is 1. The minimum absolute atomic E-state index is 0.512. The molecular formula is C14H12ClN5O2. The van der Waals surface area contributed by atoms with E-state index in [9.17, 15) is 4.79 Å². The van der Waals surface area contributed by atoms with Crippen LogP contribution in [0.4, 0.5) is 4.79 Å². The Balaban J connectivity index is 2.20. The molecule has 1 atom stereocenters. The summed E-state index contributed by atoms with van der Waals surface area (Å²) in [5.41, 5.74) is 1.45. The zero-order valence-electron chi connectivity index (χ0n) is 11.6. The van der Waals surface area contributed by atoms with Gasteiger partial charge in [0.25, 0.3) is 0 Å². The zero-order chi connectivity index (χ0) is 15.7. The average molecular weight is 318 g/mol. The van der Waals surface area contributed by atoms with Crippen LogP contribution < -0.4 is 5.32 Å². The largest absolute Gasteiger partial charge is 0.465 e. The van der Waals surface area contributed by atoms with Gasteiger partial charge in [0, 0.05) is 12.4 Å². The standard InChI is InChI=1S/C14H12ClN5O2/c1-8(18-14(21)22)13-19-10-7-16-5-4-11(10)20(13)12-3-2-9(15)6-17-12/h2-8,18H,1H3,(H,21,22). The second-order valence-electron chi connectivity index (χ2n) is 4.68. The van der Waals surface area contributed by atoms with E-state index in [1.54, 1.807) is 42.1 Å². The van der Waals surface area contributed by atoms with Crippen LogP contribution in [0.2, 0.25) is 5.02 Å². The number of nitrogens with one attached hydrogen (secondary N) is 1. The van der Waals surface area contributed by atoms with Gasteiger partial charge < -0.3 is 10.4 Å². The molecule has 112 valence electrons. The highest BCUT2D eigenvalue weighted by molar-refractivity contribution is 6.30. The van der Waals surface area contributed by atoms with Gasteiger partial charge in [0.1, 0.15) is 17.2 Å². The molecule has 0 saturated carbocycles. The molecule has 0 saturated heterocycles. The van der Waals surface area contributed by atoms with Crippen molar-refractivity contribution in [2.45, 2.75) is 13.0 Å². The van der Waals surface area contributed by atoms with E-state index in [-0.39, 0.29) is 0 Å². The smallest absolute Gasteiger partial charge is 0.405 e. The van der Waals surface area contributed by atoms with E-state index in [0.29, 0.717) is 22.2 Å². The number of imidazole rings is 1. The Kier molecular flexibility index (Phi) is 3.64. The molecule has 0 aliphatic carbocycles. The third kappa shape index (κ3) is 2.58. The van der Waals surface area contributed by atoms with Crippen LogP contribution >= 0.6 is 11.6 Å². The van der Waals surface area contributed by atoms with Gasteiger partial charge >= 0.3 is 6.09 Å². The molecule has 3 heterocycles. The molecule has 3 aromatic heterocycles. The maximum Gasteiger partial charge on any atom is 0.405 e. The van der Waals surface area contributed by atoms with Crippen LogP contribution in [0.3, 0.4) is 0 Å². The summed E-state index contributed by atoms with van der Waals surface area (Å²) in [4.78, 5) is 23.7. The van der Waals surface area contributed by atoms with E-state index >= 15 is 0 Å². The molecule has 0 aliphatic rings. The fraction of sp³-hybridized carbons (Fsp3) is 0.143. The minimum Gasteiger partial charge on any atom is -0.465 e. The van der Waals surface area contributed by atoms with Gasteiger partial charge in [0.15, 0.2) is 0 Å². The summed E-state index contributed by atoms with van der Waals surface area (Å²) in [6.45, 7) is 1.72. The van der Waals surface area contributed by atoms with E-state index in [2.05, 4.69) is 20.3 Å². The zero-order valence-corrected chi connectivity index (χ0v) is 12.3. The summed E-state index contributed by atoms with van der Waals surface area (Å²) in [5.74, 6) is 1.13. The third-order valence-corrected chi connectivity index (χ3v) is 3.37. The molecule has 3 rings (SSSR count). The maximum absolute atomic E-state index is 10.9. The quantitative estimate of drug-likeness (QED) is 0.774. The van der Waals surface area contributed by atoms with Crippen LogP contribution in [-0.4, -0.2) is 30.7 Å². The fourth-order valence-electron chi connectivity index (χ4n) is 2.23. The van der Waals surface area contributed by atoms with Crippen molar-refractivity contribution in [1.29, 1.82) is 0 Å². The van der Waals surface area contributed by atoms with E-state index in [0.717, 1.165) is 5.52 Å². The van der Waals surface area contributed by atoms with Gasteiger partial charge in [-0.05, 0) is 25.1 Å². The van der Waals surface area contributed by atoms with Crippen LogP contribution in [0.25, 0.3) is 16.9 Å². The number of nitrogens with zero attached hydrogens (tertiary/aromatic N) is 4. The molecule has 8 heteroatoms. The van der Waals surface area contributed by atoms with Gasteiger partial charge in [-0.1, -0.05) is 11.6 Å². The summed E-state index contributed by atoms with van der Waals surface area (Å²) in [6, 6.07) is 4.76. The fourth-order valence-corrected chi connectivity index (χ4v) is 2.34. The van der Waals surface area contributed by atoms with Crippen LogP contribution in [0.1, 0.15) is 18.8 Å². The number of hydrogen-bond donors (Lipinski definition) is 2. The lowest BCUT2D eigenvalue weighted by molar-refractivity contribution is 0.190. The molecule has 0 fully saturated rings. The van der Waals surface area contributed by atoms with Crippen molar-refractivity contribution < 1.29 is 9.90 Å². The van der Waals surface area contributed by atoms with Crippen molar-refractivity contribution in [3.05, 3.63) is 47.6 Å². The van der Waals surface area contributed by atoms with Crippen LogP contribution in [0.5, 0.6) is 0 Å². The van der Waals surface area contributed by atoms with Crippen molar-refractivity contribution in [2.75, 3.05) is 0 Å². The van der Waals surface area contributed by atoms with Crippen molar-refractivity contribution in [3.8, 4) is 5.82 Å². The normalized spacial score (nSPS) is 12.3. The Morgan fingerprint density at radius 2 is 2.18 bits per heavy atom. The molecule has 0 radical (unpaired) electrons. The topological polar surface area (TPSA) is 92.9 Å². The Labute approximate surface area is 130 Å². The summed E-state index contributed by atoms with van der Waals surface area (Å²) < 4.78 is 1.79. The number of rotatable bonds is 3. The van der Waals surface area contributed by atoms with Gasteiger partial charge in [-0.25, -0.2) is 14.8 Å². The van der Waals surface area contributed by atoms with Gasteiger partial charge in [-0.15, -0.1) is 0 Å². The Morgan fingerprint density at radius 1 is 1.36 bits per heavy atom. The number of amides is 1. The average Bonchev–Trinajstić information content (AvgIpc) is 2.87. The predicted molar refractivity (Wildman–Crippen MR) is 81.2 cm³/mol. The summed E-state index contributed by atoms with van der Waals surface area (Å²) in [7, 11) is 0. The first-order chi connectivity index (χ1) is 10.6. The monoisotopic (exact) mass is 317 g/mol. The SMILES string of the molecule is CC(NC(=O)O)c1nc2cnccc2n1-c1ccc(Cl)cn1. The number of pyridine rings is 2. The number of halogens is 1. The first-order valence-corrected chi connectivity index (χ1v) is 6.88. The first kappa shape index (κ1) is 14.3. The molecule has 0 spiro atoms. The van der Waals surface area contributed by atoms with E-state index in [1.165, 1.54) is 6.20 Å². The maximum atomic E-state index is 10.9. The summed E-state index contributed by atoms with van der Waals surface area (Å²) in [5, 5.41) is 11.8. The van der Waals surface area contributed by atoms with Crippen LogP contribution in [0.15, 0.2) is 36.8 Å². The summed E-state index contributed by atoms with van der Waals surface area (Å²) >= 11 is 5.88. The lowest BCUT2D eigenvalue weighted by atomic mass is 10.3. The third-order valence-electron chi connectivity index (χ3n) is 3.15. The van der Waals surface area contributed by atoms with Gasteiger partial charge in [-0.3, -0.25) is 9.55 Å². The molecule has 1 unspecified atom stereocenters. The summed E-state index contributed by atoms with van der Waals surface area (Å²) in [6.07, 6.45) is 3.69. The number of hydrogen-bond acceptors (Lipinski definition) is 4. The van der Waals surface area contributed by atoms with Gasteiger partial charge in [-0.2, -0.15) is 0 Å². The Bertz CT molecular complexity index is 831. The highest BCUT2D eigenvalue weighted by Gasteiger charge is 2.19. The molecule has 3 aromatic rings. The highest BCUT2D eigenvalue weighted by atomic mass is 35.5. The molecule has 0 aromatic carbocycles. The first-order valence-electron chi connectivity index (χ1n) is 6.50. The second kappa shape index (κ2) is 5.61. The van der Waals surface area contributed by atoms with E-state index in [1.807, 2.05) is 0 Å². The predicted octanol–water partition coefficient (Wildman–Crippen LogP) is 2.80. The number of fused-ring (bicyclic) bond motifs is 1. The number of aromatic nitrogens is 4. The molecule has 0 bridgehead atoms. The van der Waals surface area contributed by atoms with Crippen molar-refractivity contribution >= 4 is 28.7 Å². The number of carbonyl (C=O) groups is 1. The molecular weight excluding hydrogens is 306 g/mol. The van der Waals surface area contributed by atoms with E-state index in [4.69, 9.17) is 16.7 Å².